The van der Waals surface area contributed by atoms with E-state index in [1.807, 2.05) is 20.2 Å². The highest BCUT2D eigenvalue weighted by Crippen LogP contribution is 2.40. The first-order valence-electron chi connectivity index (χ1n) is 8.99. The Morgan fingerprint density at radius 3 is 2.63 bits per heavy atom. The van der Waals surface area contributed by atoms with E-state index in [1.54, 1.807) is 21.6 Å². The van der Waals surface area contributed by atoms with E-state index in [9.17, 15) is 0 Å². The molecule has 0 unspecified atom stereocenters. The van der Waals surface area contributed by atoms with Gasteiger partial charge in [-0.15, -0.1) is 0 Å². The minimum atomic E-state index is 0.311. The summed E-state index contributed by atoms with van der Waals surface area (Å²) in [6.45, 7) is 1.88. The van der Waals surface area contributed by atoms with Crippen LogP contribution in [0, 0.1) is 5.92 Å². The number of nitrogens with two attached hydrogens (primary N) is 1. The monoisotopic (exact) mass is 431 g/mol. The van der Waals surface area contributed by atoms with Crippen LogP contribution in [0.5, 0.6) is 0 Å². The van der Waals surface area contributed by atoms with Crippen LogP contribution in [0.2, 0.25) is 0 Å². The highest BCUT2D eigenvalue weighted by atomic mass is 79.9. The molecule has 0 atom stereocenters. The Morgan fingerprint density at radius 2 is 2.00 bits per heavy atom. The van der Waals surface area contributed by atoms with Gasteiger partial charge in [0.2, 0.25) is 0 Å². The third-order valence-corrected chi connectivity index (χ3v) is 6.34. The summed E-state index contributed by atoms with van der Waals surface area (Å²) in [5.74, 6) is 1.21. The molecule has 1 aliphatic carbocycles. The van der Waals surface area contributed by atoms with Crippen LogP contribution in [-0.2, 0) is 7.05 Å². The number of anilines is 1. The fraction of sp³-hybridized carbons (Fsp3) is 0.444. The minimum absolute atomic E-state index is 0.311. The number of fused-ring (bicyclic) bond motifs is 1. The zero-order chi connectivity index (χ0) is 19.1. The molecule has 4 rings (SSSR count). The number of nitrogen functional groups attached to an aromatic ring is 1. The summed E-state index contributed by atoms with van der Waals surface area (Å²) < 4.78 is 4.24. The Morgan fingerprint density at radius 1 is 1.26 bits per heavy atom. The summed E-state index contributed by atoms with van der Waals surface area (Å²) in [5.41, 5.74) is 10.8. The second-order valence-corrected chi connectivity index (χ2v) is 7.98. The molecule has 27 heavy (non-hydrogen) atoms. The first kappa shape index (κ1) is 18.0. The third kappa shape index (κ3) is 3.09. The summed E-state index contributed by atoms with van der Waals surface area (Å²) in [6.07, 6.45) is 9.45. The van der Waals surface area contributed by atoms with E-state index < -0.39 is 0 Å². The van der Waals surface area contributed by atoms with Crippen LogP contribution in [0.3, 0.4) is 0 Å². The summed E-state index contributed by atoms with van der Waals surface area (Å²) in [5, 5.41) is 21.1. The summed E-state index contributed by atoms with van der Waals surface area (Å²) >= 11 is 3.64. The van der Waals surface area contributed by atoms with Crippen LogP contribution >= 0.6 is 15.9 Å². The van der Waals surface area contributed by atoms with Crippen molar-refractivity contribution < 1.29 is 5.21 Å². The molecular weight excluding hydrogens is 410 g/mol. The van der Waals surface area contributed by atoms with Crippen molar-refractivity contribution in [3.63, 3.8) is 0 Å². The standard InChI is InChI=1S/C18H22BrN7O/c1-10(24-27)11-3-5-12(6-4-11)16-15(19)17(20)26-18(23-16)14(8-22-26)13-7-21-25(2)9-13/h7-9,11-12,27H,3-6,20H2,1-2H3/b24-10+. The van der Waals surface area contributed by atoms with Gasteiger partial charge in [0, 0.05) is 36.2 Å². The molecule has 1 saturated carbocycles. The molecule has 3 N–H and O–H groups in total. The van der Waals surface area contributed by atoms with E-state index in [4.69, 9.17) is 15.9 Å². The second-order valence-electron chi connectivity index (χ2n) is 7.18. The Bertz CT molecular complexity index is 1010. The lowest BCUT2D eigenvalue weighted by Gasteiger charge is -2.28. The quantitative estimate of drug-likeness (QED) is 0.374. The SMILES string of the molecule is C/C(=N\O)C1CCC(c2nc3c(-c4cnn(C)c4)cnn3c(N)c2Br)CC1. The lowest BCUT2D eigenvalue weighted by molar-refractivity contribution is 0.306. The topological polar surface area (TPSA) is 107 Å². The number of aromatic nitrogens is 5. The Hall–Kier alpha value is -2.42. The number of hydrogen-bond donors (Lipinski definition) is 2. The van der Waals surface area contributed by atoms with Crippen molar-refractivity contribution in [3.8, 4) is 11.1 Å². The Kier molecular flexibility index (Phi) is 4.63. The molecule has 3 aromatic rings. The number of aryl methyl sites for hydroxylation is 1. The van der Waals surface area contributed by atoms with Gasteiger partial charge in [0.1, 0.15) is 5.82 Å². The van der Waals surface area contributed by atoms with E-state index >= 15 is 0 Å². The van der Waals surface area contributed by atoms with E-state index in [2.05, 4.69) is 31.3 Å². The maximum absolute atomic E-state index is 9.02. The van der Waals surface area contributed by atoms with Gasteiger partial charge in [0.05, 0.1) is 28.3 Å². The van der Waals surface area contributed by atoms with Crippen LogP contribution in [0.15, 0.2) is 28.2 Å². The fourth-order valence-electron chi connectivity index (χ4n) is 3.91. The maximum atomic E-state index is 9.02. The molecule has 3 aromatic heterocycles. The average Bonchev–Trinajstić information content (AvgIpc) is 3.30. The maximum Gasteiger partial charge on any atom is 0.165 e. The molecule has 0 saturated heterocycles. The lowest BCUT2D eigenvalue weighted by Crippen LogP contribution is -2.20. The second kappa shape index (κ2) is 6.95. The summed E-state index contributed by atoms with van der Waals surface area (Å²) in [7, 11) is 1.88. The highest BCUT2D eigenvalue weighted by Gasteiger charge is 2.28. The molecule has 0 amide bonds. The molecule has 0 aliphatic heterocycles. The summed E-state index contributed by atoms with van der Waals surface area (Å²) in [6, 6.07) is 0. The number of hydrogen-bond acceptors (Lipinski definition) is 6. The lowest BCUT2D eigenvalue weighted by atomic mass is 9.78. The van der Waals surface area contributed by atoms with Crippen molar-refractivity contribution in [1.29, 1.82) is 0 Å². The molecule has 3 heterocycles. The zero-order valence-electron chi connectivity index (χ0n) is 15.3. The van der Waals surface area contributed by atoms with Crippen LogP contribution in [0.25, 0.3) is 16.8 Å². The number of nitrogens with zero attached hydrogens (tertiary/aromatic N) is 6. The van der Waals surface area contributed by atoms with Gasteiger partial charge in [0.15, 0.2) is 5.65 Å². The zero-order valence-corrected chi connectivity index (χ0v) is 16.9. The fourth-order valence-corrected chi connectivity index (χ4v) is 4.49. The molecule has 142 valence electrons. The number of oxime groups is 1. The van der Waals surface area contributed by atoms with Gasteiger partial charge in [-0.05, 0) is 48.5 Å². The smallest absolute Gasteiger partial charge is 0.165 e. The molecule has 8 nitrogen and oxygen atoms in total. The molecule has 0 aromatic carbocycles. The minimum Gasteiger partial charge on any atom is -0.411 e. The molecule has 0 bridgehead atoms. The largest absolute Gasteiger partial charge is 0.411 e. The van der Waals surface area contributed by atoms with Crippen molar-refractivity contribution in [1.82, 2.24) is 24.4 Å². The molecule has 1 fully saturated rings. The molecule has 1 aliphatic rings. The van der Waals surface area contributed by atoms with Crippen LogP contribution in [0.1, 0.15) is 44.2 Å². The van der Waals surface area contributed by atoms with Gasteiger partial charge in [-0.25, -0.2) is 4.98 Å². The van der Waals surface area contributed by atoms with Gasteiger partial charge in [-0.1, -0.05) is 5.16 Å². The van der Waals surface area contributed by atoms with Crippen molar-refractivity contribution in [2.24, 2.45) is 18.1 Å². The predicted octanol–water partition coefficient (Wildman–Crippen LogP) is 3.60. The van der Waals surface area contributed by atoms with E-state index in [0.717, 1.165) is 58.3 Å². The van der Waals surface area contributed by atoms with Gasteiger partial charge in [-0.2, -0.15) is 14.7 Å². The first-order valence-corrected chi connectivity index (χ1v) is 9.79. The molecule has 0 spiro atoms. The highest BCUT2D eigenvalue weighted by molar-refractivity contribution is 9.10. The van der Waals surface area contributed by atoms with E-state index in [-0.39, 0.29) is 0 Å². The molecule has 0 radical (unpaired) electrons. The number of rotatable bonds is 3. The third-order valence-electron chi connectivity index (χ3n) is 5.53. The Balaban J connectivity index is 1.72. The van der Waals surface area contributed by atoms with Crippen LogP contribution in [0.4, 0.5) is 5.82 Å². The van der Waals surface area contributed by atoms with Crippen molar-refractivity contribution in [2.45, 2.75) is 38.5 Å². The van der Waals surface area contributed by atoms with Gasteiger partial charge >= 0.3 is 0 Å². The van der Waals surface area contributed by atoms with Crippen molar-refractivity contribution in [3.05, 3.63) is 28.8 Å². The molecule has 9 heteroatoms. The molecular formula is C18H22BrN7O. The average molecular weight is 432 g/mol. The first-order chi connectivity index (χ1) is 13.0. The van der Waals surface area contributed by atoms with Crippen molar-refractivity contribution >= 4 is 33.1 Å². The van der Waals surface area contributed by atoms with Crippen LogP contribution in [-0.4, -0.2) is 35.3 Å². The Labute approximate surface area is 165 Å². The normalized spacial score (nSPS) is 21.1. The van der Waals surface area contributed by atoms with E-state index in [0.29, 0.717) is 17.7 Å². The van der Waals surface area contributed by atoms with Gasteiger partial charge in [0.25, 0.3) is 0 Å². The van der Waals surface area contributed by atoms with E-state index in [1.165, 1.54) is 0 Å². The number of halogens is 1. The van der Waals surface area contributed by atoms with Gasteiger partial charge in [-0.3, -0.25) is 4.68 Å². The van der Waals surface area contributed by atoms with Gasteiger partial charge < -0.3 is 10.9 Å². The predicted molar refractivity (Wildman–Crippen MR) is 107 cm³/mol. The van der Waals surface area contributed by atoms with Crippen molar-refractivity contribution in [2.75, 3.05) is 5.73 Å². The van der Waals surface area contributed by atoms with Crippen LogP contribution < -0.4 is 5.73 Å². The summed E-state index contributed by atoms with van der Waals surface area (Å²) in [4.78, 5) is 4.95.